The molecule has 1 saturated heterocycles. The van der Waals surface area contributed by atoms with Gasteiger partial charge in [0.1, 0.15) is 5.82 Å². The molecule has 0 spiro atoms. The van der Waals surface area contributed by atoms with E-state index in [9.17, 15) is 18.0 Å². The number of benzene rings is 1. The lowest BCUT2D eigenvalue weighted by Crippen LogP contribution is -2.15. The van der Waals surface area contributed by atoms with Crippen LogP contribution in [0.15, 0.2) is 42.6 Å². The Bertz CT molecular complexity index is 765. The predicted molar refractivity (Wildman–Crippen MR) is 112 cm³/mol. The highest BCUT2D eigenvalue weighted by Gasteiger charge is 2.30. The smallest absolute Gasteiger partial charge is 0.340 e. The van der Waals surface area contributed by atoms with Gasteiger partial charge in [0.15, 0.2) is 0 Å². The second kappa shape index (κ2) is 11.2. The van der Waals surface area contributed by atoms with Crippen LogP contribution in [0.5, 0.6) is 0 Å². The van der Waals surface area contributed by atoms with Gasteiger partial charge in [-0.1, -0.05) is 0 Å². The van der Waals surface area contributed by atoms with Gasteiger partial charge in [0.2, 0.25) is 5.91 Å². The second-order valence-corrected chi connectivity index (χ2v) is 6.58. The predicted octanol–water partition coefficient (Wildman–Crippen LogP) is 5.02. The first-order valence-corrected chi connectivity index (χ1v) is 8.81. The summed E-state index contributed by atoms with van der Waals surface area (Å²) < 4.78 is 37.6. The molecule has 0 aliphatic carbocycles. The SMILES string of the molecule is Cl.Cl.O=C(CCC1CCNC1)Nc1ccc(Nc2ccc(C(F)(F)F)cn2)cc1. The fourth-order valence-corrected chi connectivity index (χ4v) is 2.94. The van der Waals surface area contributed by atoms with Crippen molar-refractivity contribution in [2.24, 2.45) is 5.92 Å². The average Bonchev–Trinajstić information content (AvgIpc) is 3.15. The molecule has 1 aromatic heterocycles. The van der Waals surface area contributed by atoms with E-state index in [-0.39, 0.29) is 30.7 Å². The average molecular weight is 451 g/mol. The first-order valence-electron chi connectivity index (χ1n) is 8.81. The van der Waals surface area contributed by atoms with Crippen LogP contribution < -0.4 is 16.0 Å². The fraction of sp³-hybridized carbons (Fsp3) is 0.368. The number of halogens is 5. The Hall–Kier alpha value is -2.03. The molecule has 1 aliphatic rings. The van der Waals surface area contributed by atoms with Gasteiger partial charge < -0.3 is 16.0 Å². The van der Waals surface area contributed by atoms with Gasteiger partial charge in [-0.15, -0.1) is 24.8 Å². The van der Waals surface area contributed by atoms with E-state index in [1.54, 1.807) is 24.3 Å². The van der Waals surface area contributed by atoms with Crippen molar-refractivity contribution in [3.63, 3.8) is 0 Å². The molecule has 3 N–H and O–H groups in total. The van der Waals surface area contributed by atoms with Crippen LogP contribution in [0.25, 0.3) is 0 Å². The van der Waals surface area contributed by atoms with Crippen molar-refractivity contribution in [2.45, 2.75) is 25.4 Å². The van der Waals surface area contributed by atoms with Gasteiger partial charge in [-0.3, -0.25) is 4.79 Å². The normalized spacial score (nSPS) is 15.8. The lowest BCUT2D eigenvalue weighted by Gasteiger charge is -2.10. The highest BCUT2D eigenvalue weighted by atomic mass is 35.5. The van der Waals surface area contributed by atoms with Crippen LogP contribution in [0.3, 0.4) is 0 Å². The molecule has 1 fully saturated rings. The van der Waals surface area contributed by atoms with Crippen molar-refractivity contribution in [2.75, 3.05) is 23.7 Å². The number of carbonyl (C=O) groups is 1. The summed E-state index contributed by atoms with van der Waals surface area (Å²) in [7, 11) is 0. The molecule has 0 saturated carbocycles. The van der Waals surface area contributed by atoms with Gasteiger partial charge in [0.05, 0.1) is 5.56 Å². The minimum Gasteiger partial charge on any atom is -0.340 e. The molecule has 1 aromatic carbocycles. The Morgan fingerprint density at radius 1 is 1.10 bits per heavy atom. The second-order valence-electron chi connectivity index (χ2n) is 6.58. The Morgan fingerprint density at radius 2 is 1.79 bits per heavy atom. The fourth-order valence-electron chi connectivity index (χ4n) is 2.94. The van der Waals surface area contributed by atoms with Crippen LogP contribution in [-0.4, -0.2) is 24.0 Å². The molecule has 1 unspecified atom stereocenters. The number of hydrogen-bond acceptors (Lipinski definition) is 4. The molecule has 160 valence electrons. The van der Waals surface area contributed by atoms with Gasteiger partial charge >= 0.3 is 6.18 Å². The summed E-state index contributed by atoms with van der Waals surface area (Å²) >= 11 is 0. The number of carbonyl (C=O) groups excluding carboxylic acids is 1. The topological polar surface area (TPSA) is 66.1 Å². The van der Waals surface area contributed by atoms with Crippen molar-refractivity contribution >= 4 is 47.9 Å². The Morgan fingerprint density at radius 3 is 2.34 bits per heavy atom. The molecule has 3 rings (SSSR count). The van der Waals surface area contributed by atoms with E-state index in [1.165, 1.54) is 6.07 Å². The van der Waals surface area contributed by atoms with E-state index in [0.717, 1.165) is 38.2 Å². The van der Waals surface area contributed by atoms with E-state index >= 15 is 0 Å². The number of nitrogens with zero attached hydrogens (tertiary/aromatic N) is 1. The number of aromatic nitrogens is 1. The van der Waals surface area contributed by atoms with Crippen molar-refractivity contribution in [3.8, 4) is 0 Å². The van der Waals surface area contributed by atoms with Gasteiger partial charge in [0.25, 0.3) is 0 Å². The molecule has 2 heterocycles. The van der Waals surface area contributed by atoms with Crippen LogP contribution in [0.1, 0.15) is 24.8 Å². The molecular formula is C19H23Cl2F3N4O. The van der Waals surface area contributed by atoms with Crippen LogP contribution in [0.2, 0.25) is 0 Å². The lowest BCUT2D eigenvalue weighted by molar-refractivity contribution is -0.137. The number of amides is 1. The van der Waals surface area contributed by atoms with Crippen LogP contribution >= 0.6 is 24.8 Å². The monoisotopic (exact) mass is 450 g/mol. The number of hydrogen-bond donors (Lipinski definition) is 3. The zero-order chi connectivity index (χ0) is 19.3. The number of rotatable bonds is 6. The maximum atomic E-state index is 12.5. The maximum Gasteiger partial charge on any atom is 0.417 e. The van der Waals surface area contributed by atoms with E-state index < -0.39 is 11.7 Å². The molecule has 1 aliphatic heterocycles. The maximum absolute atomic E-state index is 12.5. The number of anilines is 3. The zero-order valence-corrected chi connectivity index (χ0v) is 17.1. The summed E-state index contributed by atoms with van der Waals surface area (Å²) in [6, 6.07) is 9.19. The summed E-state index contributed by atoms with van der Waals surface area (Å²) in [6.45, 7) is 2.00. The molecular weight excluding hydrogens is 428 g/mol. The highest BCUT2D eigenvalue weighted by molar-refractivity contribution is 5.90. The van der Waals surface area contributed by atoms with Gasteiger partial charge in [-0.25, -0.2) is 4.98 Å². The minimum atomic E-state index is -4.40. The molecule has 29 heavy (non-hydrogen) atoms. The van der Waals surface area contributed by atoms with Crippen molar-refractivity contribution in [3.05, 3.63) is 48.2 Å². The Balaban J connectivity index is 0.00000210. The first-order chi connectivity index (χ1) is 12.9. The minimum absolute atomic E-state index is 0. The van der Waals surface area contributed by atoms with Crippen LogP contribution in [0, 0.1) is 5.92 Å². The van der Waals surface area contributed by atoms with Crippen molar-refractivity contribution in [1.29, 1.82) is 0 Å². The third-order valence-corrected chi connectivity index (χ3v) is 4.47. The van der Waals surface area contributed by atoms with Crippen LogP contribution in [0.4, 0.5) is 30.4 Å². The summed E-state index contributed by atoms with van der Waals surface area (Å²) in [5, 5.41) is 9.06. The molecule has 1 amide bonds. The summed E-state index contributed by atoms with van der Waals surface area (Å²) in [5.74, 6) is 0.857. The van der Waals surface area contributed by atoms with Gasteiger partial charge in [-0.05, 0) is 68.2 Å². The van der Waals surface area contributed by atoms with Gasteiger partial charge in [-0.2, -0.15) is 13.2 Å². The van der Waals surface area contributed by atoms with E-state index in [0.29, 0.717) is 29.5 Å². The van der Waals surface area contributed by atoms with E-state index in [4.69, 9.17) is 0 Å². The first kappa shape index (κ1) is 25.0. The zero-order valence-electron chi connectivity index (χ0n) is 15.5. The number of nitrogens with one attached hydrogen (secondary N) is 3. The Kier molecular flexibility index (Phi) is 9.68. The molecule has 0 radical (unpaired) electrons. The van der Waals surface area contributed by atoms with E-state index in [2.05, 4.69) is 20.9 Å². The Labute approximate surface area is 179 Å². The summed E-state index contributed by atoms with van der Waals surface area (Å²) in [4.78, 5) is 15.8. The standard InChI is InChI=1S/C19H21F3N4O.2ClH/c20-19(21,22)14-2-7-17(24-12-14)25-15-3-5-16(6-4-15)26-18(27)8-1-13-9-10-23-11-13;;/h2-7,12-13,23H,1,8-11H2,(H,24,25)(H,26,27);2*1H. The molecule has 5 nitrogen and oxygen atoms in total. The van der Waals surface area contributed by atoms with Gasteiger partial charge in [0, 0.05) is 24.0 Å². The summed E-state index contributed by atoms with van der Waals surface area (Å²) in [5.41, 5.74) is 0.548. The number of pyridine rings is 1. The molecule has 0 bridgehead atoms. The van der Waals surface area contributed by atoms with Crippen molar-refractivity contribution in [1.82, 2.24) is 10.3 Å². The third-order valence-electron chi connectivity index (χ3n) is 4.47. The van der Waals surface area contributed by atoms with Crippen LogP contribution in [-0.2, 0) is 11.0 Å². The lowest BCUT2D eigenvalue weighted by atomic mass is 10.0. The molecule has 2 aromatic rings. The quantitative estimate of drug-likeness (QED) is 0.578. The molecule has 1 atom stereocenters. The van der Waals surface area contributed by atoms with E-state index in [1.807, 2.05) is 0 Å². The summed E-state index contributed by atoms with van der Waals surface area (Å²) in [6.07, 6.45) is -1.14. The third kappa shape index (κ3) is 7.72. The number of alkyl halides is 3. The largest absolute Gasteiger partial charge is 0.417 e. The highest BCUT2D eigenvalue weighted by Crippen LogP contribution is 2.29. The molecule has 10 heteroatoms. The van der Waals surface area contributed by atoms with Crippen molar-refractivity contribution < 1.29 is 18.0 Å².